The molecule has 2 rings (SSSR count). The highest BCUT2D eigenvalue weighted by molar-refractivity contribution is 5.85. The highest BCUT2D eigenvalue weighted by atomic mass is 16.4. The van der Waals surface area contributed by atoms with Gasteiger partial charge in [-0.2, -0.15) is 0 Å². The van der Waals surface area contributed by atoms with Gasteiger partial charge in [-0.15, -0.1) is 6.58 Å². The lowest BCUT2D eigenvalue weighted by molar-refractivity contribution is 0.0678. The van der Waals surface area contributed by atoms with Crippen LogP contribution in [0.4, 0.5) is 0 Å². The molecule has 19 heavy (non-hydrogen) atoms. The maximum absolute atomic E-state index is 11.1. The third-order valence-corrected chi connectivity index (χ3v) is 3.83. The summed E-state index contributed by atoms with van der Waals surface area (Å²) in [6.45, 7) is 6.97. The van der Waals surface area contributed by atoms with E-state index in [9.17, 15) is 4.79 Å². The SMILES string of the molecule is C=CCCCN1CCC(n2cccc2C(=O)O)CC1. The molecule has 0 spiro atoms. The van der Waals surface area contributed by atoms with E-state index in [1.54, 1.807) is 6.07 Å². The summed E-state index contributed by atoms with van der Waals surface area (Å²) >= 11 is 0. The van der Waals surface area contributed by atoms with Gasteiger partial charge in [-0.05, 0) is 44.4 Å². The van der Waals surface area contributed by atoms with Crippen LogP contribution in [-0.4, -0.2) is 40.2 Å². The van der Waals surface area contributed by atoms with Crippen LogP contribution in [0.15, 0.2) is 31.0 Å². The Labute approximate surface area is 114 Å². The number of aromatic nitrogens is 1. The first-order valence-electron chi connectivity index (χ1n) is 6.95. The van der Waals surface area contributed by atoms with Gasteiger partial charge >= 0.3 is 5.97 Å². The Morgan fingerprint density at radius 1 is 1.47 bits per heavy atom. The van der Waals surface area contributed by atoms with Crippen molar-refractivity contribution in [2.45, 2.75) is 31.7 Å². The van der Waals surface area contributed by atoms with E-state index in [4.69, 9.17) is 5.11 Å². The molecule has 1 aliphatic heterocycles. The van der Waals surface area contributed by atoms with Crippen molar-refractivity contribution >= 4 is 5.97 Å². The average Bonchev–Trinajstić information content (AvgIpc) is 2.89. The van der Waals surface area contributed by atoms with Crippen molar-refractivity contribution in [3.8, 4) is 0 Å². The number of unbranched alkanes of at least 4 members (excludes halogenated alkanes) is 1. The molecule has 2 heterocycles. The molecule has 0 atom stereocenters. The van der Waals surface area contributed by atoms with Gasteiger partial charge in [-0.25, -0.2) is 4.79 Å². The molecule has 4 nitrogen and oxygen atoms in total. The molecule has 0 unspecified atom stereocenters. The summed E-state index contributed by atoms with van der Waals surface area (Å²) < 4.78 is 1.92. The molecule has 1 aliphatic rings. The lowest BCUT2D eigenvalue weighted by Crippen LogP contribution is -2.35. The summed E-state index contributed by atoms with van der Waals surface area (Å²) in [5.74, 6) is -0.835. The lowest BCUT2D eigenvalue weighted by atomic mass is 10.0. The summed E-state index contributed by atoms with van der Waals surface area (Å²) in [5, 5.41) is 9.14. The molecule has 1 aromatic rings. The van der Waals surface area contributed by atoms with E-state index in [0.29, 0.717) is 11.7 Å². The standard InChI is InChI=1S/C15H22N2O2/c1-2-3-4-9-16-11-7-13(8-12-16)17-10-5-6-14(17)15(18)19/h2,5-6,10,13H,1,3-4,7-9,11-12H2,(H,18,19). The van der Waals surface area contributed by atoms with Gasteiger partial charge in [0.1, 0.15) is 5.69 Å². The van der Waals surface area contributed by atoms with Crippen molar-refractivity contribution in [2.24, 2.45) is 0 Å². The highest BCUT2D eigenvalue weighted by Crippen LogP contribution is 2.24. The molecule has 0 aromatic carbocycles. The fraction of sp³-hybridized carbons (Fsp3) is 0.533. The minimum absolute atomic E-state index is 0.330. The van der Waals surface area contributed by atoms with Crippen molar-refractivity contribution < 1.29 is 9.90 Å². The number of likely N-dealkylation sites (tertiary alicyclic amines) is 1. The molecule has 104 valence electrons. The van der Waals surface area contributed by atoms with E-state index in [1.165, 1.54) is 0 Å². The van der Waals surface area contributed by atoms with Crippen LogP contribution in [0.2, 0.25) is 0 Å². The van der Waals surface area contributed by atoms with E-state index in [0.717, 1.165) is 45.3 Å². The average molecular weight is 262 g/mol. The Bertz CT molecular complexity index is 431. The van der Waals surface area contributed by atoms with Crippen molar-refractivity contribution in [1.29, 1.82) is 0 Å². The fourth-order valence-corrected chi connectivity index (χ4v) is 2.77. The quantitative estimate of drug-likeness (QED) is 0.633. The van der Waals surface area contributed by atoms with E-state index < -0.39 is 5.97 Å². The monoisotopic (exact) mass is 262 g/mol. The van der Waals surface area contributed by atoms with Gasteiger partial charge in [0.2, 0.25) is 0 Å². The van der Waals surface area contributed by atoms with E-state index in [2.05, 4.69) is 11.5 Å². The molecular weight excluding hydrogens is 240 g/mol. The zero-order valence-electron chi connectivity index (χ0n) is 11.3. The van der Waals surface area contributed by atoms with Crippen LogP contribution < -0.4 is 0 Å². The molecule has 1 N–H and O–H groups in total. The molecule has 0 aliphatic carbocycles. The molecular formula is C15H22N2O2. The minimum Gasteiger partial charge on any atom is -0.477 e. The first kappa shape index (κ1) is 13.9. The number of hydrogen-bond donors (Lipinski definition) is 1. The molecule has 4 heteroatoms. The van der Waals surface area contributed by atoms with E-state index >= 15 is 0 Å². The minimum atomic E-state index is -0.835. The Morgan fingerprint density at radius 2 is 2.21 bits per heavy atom. The molecule has 0 saturated carbocycles. The maximum Gasteiger partial charge on any atom is 0.352 e. The van der Waals surface area contributed by atoms with Crippen molar-refractivity contribution in [3.63, 3.8) is 0 Å². The predicted molar refractivity (Wildman–Crippen MR) is 75.5 cm³/mol. The van der Waals surface area contributed by atoms with Gasteiger partial charge in [-0.3, -0.25) is 0 Å². The van der Waals surface area contributed by atoms with Gasteiger partial charge < -0.3 is 14.6 Å². The van der Waals surface area contributed by atoms with Gasteiger partial charge in [-0.1, -0.05) is 6.08 Å². The van der Waals surface area contributed by atoms with Gasteiger partial charge in [0.25, 0.3) is 0 Å². The van der Waals surface area contributed by atoms with Crippen molar-refractivity contribution in [2.75, 3.05) is 19.6 Å². The van der Waals surface area contributed by atoms with Gasteiger partial charge in [0, 0.05) is 25.3 Å². The number of hydrogen-bond acceptors (Lipinski definition) is 2. The fourth-order valence-electron chi connectivity index (χ4n) is 2.77. The van der Waals surface area contributed by atoms with Crippen LogP contribution in [-0.2, 0) is 0 Å². The number of rotatable bonds is 6. The number of aromatic carboxylic acids is 1. The van der Waals surface area contributed by atoms with E-state index in [1.807, 2.05) is 22.9 Å². The number of carboxylic acids is 1. The third-order valence-electron chi connectivity index (χ3n) is 3.83. The number of allylic oxidation sites excluding steroid dienone is 1. The molecule has 0 bridgehead atoms. The number of carboxylic acid groups (broad SMARTS) is 1. The maximum atomic E-state index is 11.1. The number of carbonyl (C=O) groups is 1. The lowest BCUT2D eigenvalue weighted by Gasteiger charge is -2.33. The van der Waals surface area contributed by atoms with Crippen LogP contribution in [0.1, 0.15) is 42.2 Å². The zero-order valence-corrected chi connectivity index (χ0v) is 11.3. The summed E-state index contributed by atoms with van der Waals surface area (Å²) in [6.07, 6.45) is 8.15. The topological polar surface area (TPSA) is 45.5 Å². The number of piperidine rings is 1. The van der Waals surface area contributed by atoms with Crippen molar-refractivity contribution in [3.05, 3.63) is 36.7 Å². The Morgan fingerprint density at radius 3 is 2.84 bits per heavy atom. The largest absolute Gasteiger partial charge is 0.477 e. The van der Waals surface area contributed by atoms with Crippen LogP contribution in [0.25, 0.3) is 0 Å². The first-order chi connectivity index (χ1) is 9.22. The summed E-state index contributed by atoms with van der Waals surface area (Å²) in [7, 11) is 0. The van der Waals surface area contributed by atoms with Crippen LogP contribution >= 0.6 is 0 Å². The second kappa shape index (κ2) is 6.57. The Kier molecular flexibility index (Phi) is 4.80. The molecule has 1 saturated heterocycles. The Hall–Kier alpha value is -1.55. The van der Waals surface area contributed by atoms with Crippen molar-refractivity contribution in [1.82, 2.24) is 9.47 Å². The second-order valence-electron chi connectivity index (χ2n) is 5.11. The summed E-state index contributed by atoms with van der Waals surface area (Å²) in [5.41, 5.74) is 0.408. The van der Waals surface area contributed by atoms with E-state index in [-0.39, 0.29) is 0 Å². The summed E-state index contributed by atoms with van der Waals surface area (Å²) in [4.78, 5) is 13.6. The molecule has 1 fully saturated rings. The van der Waals surface area contributed by atoms with Gasteiger partial charge in [0.15, 0.2) is 0 Å². The van der Waals surface area contributed by atoms with Crippen LogP contribution in [0, 0.1) is 0 Å². The molecule has 0 amide bonds. The second-order valence-corrected chi connectivity index (χ2v) is 5.11. The summed E-state index contributed by atoms with van der Waals surface area (Å²) in [6, 6.07) is 3.83. The van der Waals surface area contributed by atoms with Gasteiger partial charge in [0.05, 0.1) is 0 Å². The number of nitrogens with zero attached hydrogens (tertiary/aromatic N) is 2. The smallest absolute Gasteiger partial charge is 0.352 e. The Balaban J connectivity index is 1.87. The zero-order chi connectivity index (χ0) is 13.7. The normalized spacial score (nSPS) is 17.5. The molecule has 0 radical (unpaired) electrons. The van der Waals surface area contributed by atoms with Crippen LogP contribution in [0.5, 0.6) is 0 Å². The first-order valence-corrected chi connectivity index (χ1v) is 6.95. The molecule has 1 aromatic heterocycles. The highest BCUT2D eigenvalue weighted by Gasteiger charge is 2.22. The predicted octanol–water partition coefficient (Wildman–Crippen LogP) is 2.79. The van der Waals surface area contributed by atoms with Crippen LogP contribution in [0.3, 0.4) is 0 Å². The third kappa shape index (κ3) is 3.47.